The van der Waals surface area contributed by atoms with Gasteiger partial charge in [0.15, 0.2) is 0 Å². The number of fused-ring (bicyclic) bond motifs is 1. The summed E-state index contributed by atoms with van der Waals surface area (Å²) in [6.45, 7) is 0. The van der Waals surface area contributed by atoms with Crippen molar-refractivity contribution >= 4 is 28.8 Å². The fourth-order valence-corrected chi connectivity index (χ4v) is 3.02. The second kappa shape index (κ2) is 6.04. The van der Waals surface area contributed by atoms with E-state index in [0.29, 0.717) is 21.3 Å². The molecule has 4 heteroatoms. The molecule has 2 aromatic carbocycles. The summed E-state index contributed by atoms with van der Waals surface area (Å²) in [6, 6.07) is 11.5. The molecule has 0 bridgehead atoms. The first-order valence-corrected chi connectivity index (χ1v) is 7.81. The van der Waals surface area contributed by atoms with Gasteiger partial charge in [-0.1, -0.05) is 29.9 Å². The molecule has 0 saturated heterocycles. The van der Waals surface area contributed by atoms with Gasteiger partial charge in [-0.2, -0.15) is 0 Å². The highest BCUT2D eigenvalue weighted by molar-refractivity contribution is 7.80. The zero-order chi connectivity index (χ0) is 14.8. The Hall–Kier alpha value is -1.58. The van der Waals surface area contributed by atoms with Gasteiger partial charge in [-0.3, -0.25) is 0 Å². The zero-order valence-corrected chi connectivity index (χ0v) is 13.1. The van der Waals surface area contributed by atoms with Gasteiger partial charge in [0.2, 0.25) is 0 Å². The standard InChI is InChI=1S/C17H16ClNOS/c18-13-6-8-15(17(19)21)16(10-13)20-14-7-5-11-3-1-2-4-12(11)9-14/h5-10H,1-4H2,(H2,19,21). The molecule has 0 saturated carbocycles. The van der Waals surface area contributed by atoms with Crippen LogP contribution < -0.4 is 10.5 Å². The van der Waals surface area contributed by atoms with Crippen LogP contribution in [0.3, 0.4) is 0 Å². The molecule has 2 nitrogen and oxygen atoms in total. The van der Waals surface area contributed by atoms with Crippen molar-refractivity contribution in [3.63, 3.8) is 0 Å². The lowest BCUT2D eigenvalue weighted by atomic mass is 9.92. The maximum absolute atomic E-state index is 6.04. The first-order valence-electron chi connectivity index (χ1n) is 7.02. The van der Waals surface area contributed by atoms with E-state index in [9.17, 15) is 0 Å². The number of nitrogens with two attached hydrogens (primary N) is 1. The molecular formula is C17H16ClNOS. The van der Waals surface area contributed by atoms with Crippen LogP contribution in [0.5, 0.6) is 11.5 Å². The lowest BCUT2D eigenvalue weighted by Gasteiger charge is -2.17. The summed E-state index contributed by atoms with van der Waals surface area (Å²) < 4.78 is 5.97. The van der Waals surface area contributed by atoms with Crippen LogP contribution in [0.4, 0.5) is 0 Å². The SMILES string of the molecule is NC(=S)c1ccc(Cl)cc1Oc1ccc2c(c1)CCCC2. The second-order valence-corrected chi connectivity index (χ2v) is 6.12. The highest BCUT2D eigenvalue weighted by Gasteiger charge is 2.12. The maximum atomic E-state index is 6.04. The van der Waals surface area contributed by atoms with E-state index >= 15 is 0 Å². The molecule has 0 fully saturated rings. The van der Waals surface area contributed by atoms with E-state index in [1.807, 2.05) is 6.07 Å². The summed E-state index contributed by atoms with van der Waals surface area (Å²) in [7, 11) is 0. The molecule has 0 amide bonds. The number of rotatable bonds is 3. The topological polar surface area (TPSA) is 35.2 Å². The molecular weight excluding hydrogens is 302 g/mol. The van der Waals surface area contributed by atoms with Gasteiger partial charge in [-0.25, -0.2) is 0 Å². The van der Waals surface area contributed by atoms with E-state index in [2.05, 4.69) is 12.1 Å². The second-order valence-electron chi connectivity index (χ2n) is 5.24. The Morgan fingerprint density at radius 2 is 1.81 bits per heavy atom. The Balaban J connectivity index is 1.93. The van der Waals surface area contributed by atoms with Gasteiger partial charge in [-0.15, -0.1) is 0 Å². The van der Waals surface area contributed by atoms with Crippen molar-refractivity contribution in [2.24, 2.45) is 5.73 Å². The summed E-state index contributed by atoms with van der Waals surface area (Å²) in [6.07, 6.45) is 4.79. The fourth-order valence-electron chi connectivity index (χ4n) is 2.68. The number of ether oxygens (including phenoxy) is 1. The number of halogens is 1. The van der Waals surface area contributed by atoms with Gasteiger partial charge < -0.3 is 10.5 Å². The van der Waals surface area contributed by atoms with Crippen molar-refractivity contribution in [2.45, 2.75) is 25.7 Å². The van der Waals surface area contributed by atoms with Crippen LogP contribution in [0.1, 0.15) is 29.5 Å². The van der Waals surface area contributed by atoms with Crippen molar-refractivity contribution in [3.05, 3.63) is 58.1 Å². The average molecular weight is 318 g/mol. The molecule has 0 aliphatic heterocycles. The molecule has 2 N–H and O–H groups in total. The molecule has 108 valence electrons. The molecule has 1 aliphatic carbocycles. The summed E-state index contributed by atoms with van der Waals surface area (Å²) in [5.74, 6) is 1.40. The number of thiocarbonyl (C=S) groups is 1. The first-order chi connectivity index (χ1) is 10.1. The monoisotopic (exact) mass is 317 g/mol. The normalized spacial score (nSPS) is 13.6. The minimum Gasteiger partial charge on any atom is -0.457 e. The van der Waals surface area contributed by atoms with Gasteiger partial charge in [0.1, 0.15) is 16.5 Å². The third kappa shape index (κ3) is 3.20. The van der Waals surface area contributed by atoms with Gasteiger partial charge in [0, 0.05) is 11.1 Å². The summed E-state index contributed by atoms with van der Waals surface area (Å²) >= 11 is 11.1. The van der Waals surface area contributed by atoms with E-state index in [-0.39, 0.29) is 0 Å². The van der Waals surface area contributed by atoms with Crippen molar-refractivity contribution in [3.8, 4) is 11.5 Å². The largest absolute Gasteiger partial charge is 0.457 e. The highest BCUT2D eigenvalue weighted by Crippen LogP contribution is 2.31. The minimum atomic E-state index is 0.305. The number of aryl methyl sites for hydroxylation is 2. The van der Waals surface area contributed by atoms with E-state index in [0.717, 1.165) is 18.6 Å². The van der Waals surface area contributed by atoms with Crippen LogP contribution in [-0.2, 0) is 12.8 Å². The predicted octanol–water partition coefficient (Wildman–Crippen LogP) is 4.65. The average Bonchev–Trinajstić information content (AvgIpc) is 2.47. The Morgan fingerprint density at radius 1 is 1.05 bits per heavy atom. The van der Waals surface area contributed by atoms with Crippen LogP contribution >= 0.6 is 23.8 Å². The van der Waals surface area contributed by atoms with E-state index in [4.69, 9.17) is 34.3 Å². The van der Waals surface area contributed by atoms with Gasteiger partial charge in [0.05, 0.1) is 5.56 Å². The Labute approximate surface area is 134 Å². The van der Waals surface area contributed by atoms with Crippen molar-refractivity contribution in [1.29, 1.82) is 0 Å². The number of hydrogen-bond donors (Lipinski definition) is 1. The van der Waals surface area contributed by atoms with Crippen LogP contribution in [0.15, 0.2) is 36.4 Å². The van der Waals surface area contributed by atoms with E-state index in [1.54, 1.807) is 18.2 Å². The molecule has 0 aromatic heterocycles. The Morgan fingerprint density at radius 3 is 2.57 bits per heavy atom. The zero-order valence-electron chi connectivity index (χ0n) is 11.6. The molecule has 21 heavy (non-hydrogen) atoms. The van der Waals surface area contributed by atoms with Crippen LogP contribution in [0.2, 0.25) is 5.02 Å². The third-order valence-corrected chi connectivity index (χ3v) is 4.21. The Kier molecular flexibility index (Phi) is 4.13. The van der Waals surface area contributed by atoms with E-state index < -0.39 is 0 Å². The number of hydrogen-bond acceptors (Lipinski definition) is 2. The molecule has 0 atom stereocenters. The molecule has 3 rings (SSSR count). The number of benzene rings is 2. The van der Waals surface area contributed by atoms with Gasteiger partial charge in [-0.05, 0) is 61.1 Å². The summed E-state index contributed by atoms with van der Waals surface area (Å²) in [5.41, 5.74) is 9.24. The van der Waals surface area contributed by atoms with Gasteiger partial charge in [0.25, 0.3) is 0 Å². The molecule has 2 aromatic rings. The first kappa shape index (κ1) is 14.4. The highest BCUT2D eigenvalue weighted by atomic mass is 35.5. The van der Waals surface area contributed by atoms with Crippen molar-refractivity contribution in [2.75, 3.05) is 0 Å². The van der Waals surface area contributed by atoms with Crippen molar-refractivity contribution in [1.82, 2.24) is 0 Å². The van der Waals surface area contributed by atoms with E-state index in [1.165, 1.54) is 24.0 Å². The molecule has 0 unspecified atom stereocenters. The molecule has 0 heterocycles. The van der Waals surface area contributed by atoms with Crippen LogP contribution in [-0.4, -0.2) is 4.99 Å². The molecule has 0 radical (unpaired) electrons. The van der Waals surface area contributed by atoms with Crippen molar-refractivity contribution < 1.29 is 4.74 Å². The minimum absolute atomic E-state index is 0.305. The molecule has 0 spiro atoms. The van der Waals surface area contributed by atoms with Gasteiger partial charge >= 0.3 is 0 Å². The van der Waals surface area contributed by atoms with Crippen LogP contribution in [0, 0.1) is 0 Å². The maximum Gasteiger partial charge on any atom is 0.139 e. The summed E-state index contributed by atoms with van der Waals surface area (Å²) in [5, 5.41) is 0.600. The smallest absolute Gasteiger partial charge is 0.139 e. The lowest BCUT2D eigenvalue weighted by molar-refractivity contribution is 0.480. The molecule has 1 aliphatic rings. The lowest BCUT2D eigenvalue weighted by Crippen LogP contribution is -2.10. The predicted molar refractivity (Wildman–Crippen MR) is 90.5 cm³/mol. The third-order valence-electron chi connectivity index (χ3n) is 3.76. The Bertz CT molecular complexity index is 699. The summed E-state index contributed by atoms with van der Waals surface area (Å²) in [4.78, 5) is 0.305. The quantitative estimate of drug-likeness (QED) is 0.837. The van der Waals surface area contributed by atoms with Crippen LogP contribution in [0.25, 0.3) is 0 Å². The fraction of sp³-hybridized carbons (Fsp3) is 0.235.